The molecule has 0 heterocycles. The van der Waals surface area contributed by atoms with Gasteiger partial charge in [0.2, 0.25) is 0 Å². The Labute approximate surface area is 122 Å². The summed E-state index contributed by atoms with van der Waals surface area (Å²) < 4.78 is 5.79. The Kier molecular flexibility index (Phi) is 5.82. The lowest BCUT2D eigenvalue weighted by molar-refractivity contribution is 0.107. The van der Waals surface area contributed by atoms with Gasteiger partial charge in [0.1, 0.15) is 0 Å². The standard InChI is InChI=1S/C19H24O/c1-16(2)11-12-17-9-6-10-19(13-17)15-20-14-18-7-4-3-5-8-18/h3-10,13,16H,11-12,14-15H2,1-2H3. The predicted molar refractivity (Wildman–Crippen MR) is 84.5 cm³/mol. The van der Waals surface area contributed by atoms with E-state index in [2.05, 4.69) is 50.2 Å². The van der Waals surface area contributed by atoms with Gasteiger partial charge in [-0.05, 0) is 35.4 Å². The zero-order chi connectivity index (χ0) is 14.2. The van der Waals surface area contributed by atoms with Gasteiger partial charge in [-0.3, -0.25) is 0 Å². The van der Waals surface area contributed by atoms with Crippen molar-refractivity contribution < 1.29 is 4.74 Å². The lowest BCUT2D eigenvalue weighted by atomic mass is 10.0. The molecule has 0 saturated carbocycles. The molecule has 0 spiro atoms. The van der Waals surface area contributed by atoms with Crippen LogP contribution in [0, 0.1) is 5.92 Å². The van der Waals surface area contributed by atoms with Crippen molar-refractivity contribution in [3.05, 3.63) is 71.3 Å². The molecule has 0 aliphatic heterocycles. The smallest absolute Gasteiger partial charge is 0.0721 e. The van der Waals surface area contributed by atoms with Crippen molar-refractivity contribution in [2.45, 2.75) is 39.9 Å². The Hall–Kier alpha value is -1.60. The minimum Gasteiger partial charge on any atom is -0.372 e. The van der Waals surface area contributed by atoms with E-state index in [-0.39, 0.29) is 0 Å². The number of aryl methyl sites for hydroxylation is 1. The monoisotopic (exact) mass is 268 g/mol. The van der Waals surface area contributed by atoms with E-state index in [1.165, 1.54) is 23.1 Å². The summed E-state index contributed by atoms with van der Waals surface area (Å²) in [7, 11) is 0. The highest BCUT2D eigenvalue weighted by atomic mass is 16.5. The fourth-order valence-corrected chi connectivity index (χ4v) is 2.19. The second-order valence-corrected chi connectivity index (χ2v) is 5.73. The molecule has 0 unspecified atom stereocenters. The van der Waals surface area contributed by atoms with Gasteiger partial charge in [0.25, 0.3) is 0 Å². The van der Waals surface area contributed by atoms with Crippen molar-refractivity contribution in [2.24, 2.45) is 5.92 Å². The zero-order valence-electron chi connectivity index (χ0n) is 12.5. The van der Waals surface area contributed by atoms with Crippen molar-refractivity contribution in [1.29, 1.82) is 0 Å². The first-order chi connectivity index (χ1) is 9.74. The molecule has 2 aromatic rings. The van der Waals surface area contributed by atoms with Crippen molar-refractivity contribution >= 4 is 0 Å². The third kappa shape index (κ3) is 5.18. The summed E-state index contributed by atoms with van der Waals surface area (Å²) in [6.45, 7) is 5.90. The zero-order valence-corrected chi connectivity index (χ0v) is 12.5. The van der Waals surface area contributed by atoms with Crippen LogP contribution in [-0.4, -0.2) is 0 Å². The van der Waals surface area contributed by atoms with Crippen molar-refractivity contribution in [3.8, 4) is 0 Å². The minimum atomic E-state index is 0.678. The molecular formula is C19H24O. The van der Waals surface area contributed by atoms with E-state index >= 15 is 0 Å². The van der Waals surface area contributed by atoms with Gasteiger partial charge in [-0.25, -0.2) is 0 Å². The molecule has 2 rings (SSSR count). The van der Waals surface area contributed by atoms with Gasteiger partial charge in [-0.1, -0.05) is 68.4 Å². The van der Waals surface area contributed by atoms with Crippen LogP contribution >= 0.6 is 0 Å². The lowest BCUT2D eigenvalue weighted by Crippen LogP contribution is -1.96. The van der Waals surface area contributed by atoms with Crippen molar-refractivity contribution in [1.82, 2.24) is 0 Å². The maximum Gasteiger partial charge on any atom is 0.0721 e. The second-order valence-electron chi connectivity index (χ2n) is 5.73. The Bertz CT molecular complexity index is 502. The summed E-state index contributed by atoms with van der Waals surface area (Å²) in [6.07, 6.45) is 2.40. The van der Waals surface area contributed by atoms with E-state index in [0.29, 0.717) is 13.2 Å². The van der Waals surface area contributed by atoms with Crippen LogP contribution in [0.3, 0.4) is 0 Å². The van der Waals surface area contributed by atoms with Crippen LogP contribution in [0.5, 0.6) is 0 Å². The molecule has 0 aromatic heterocycles. The topological polar surface area (TPSA) is 9.23 Å². The van der Waals surface area contributed by atoms with Gasteiger partial charge < -0.3 is 4.74 Å². The fraction of sp³-hybridized carbons (Fsp3) is 0.368. The van der Waals surface area contributed by atoms with E-state index in [4.69, 9.17) is 4.74 Å². The number of hydrogen-bond acceptors (Lipinski definition) is 1. The normalized spacial score (nSPS) is 10.9. The second kappa shape index (κ2) is 7.86. The van der Waals surface area contributed by atoms with Crippen LogP contribution in [0.1, 0.15) is 37.0 Å². The van der Waals surface area contributed by atoms with E-state index in [9.17, 15) is 0 Å². The highest BCUT2D eigenvalue weighted by Crippen LogP contribution is 2.12. The summed E-state index contributed by atoms with van der Waals surface area (Å²) in [6, 6.07) is 19.1. The van der Waals surface area contributed by atoms with Crippen LogP contribution < -0.4 is 0 Å². The molecule has 0 radical (unpaired) electrons. The first kappa shape index (κ1) is 14.8. The third-order valence-corrected chi connectivity index (χ3v) is 3.38. The Morgan fingerprint density at radius 3 is 2.20 bits per heavy atom. The van der Waals surface area contributed by atoms with E-state index in [1.54, 1.807) is 0 Å². The maximum absolute atomic E-state index is 5.79. The number of ether oxygens (including phenoxy) is 1. The summed E-state index contributed by atoms with van der Waals surface area (Å²) >= 11 is 0. The molecule has 0 amide bonds. The summed E-state index contributed by atoms with van der Waals surface area (Å²) in [5, 5.41) is 0. The van der Waals surface area contributed by atoms with Gasteiger partial charge in [-0.2, -0.15) is 0 Å². The number of benzene rings is 2. The van der Waals surface area contributed by atoms with Crippen LogP contribution in [0.4, 0.5) is 0 Å². The van der Waals surface area contributed by atoms with Crippen molar-refractivity contribution in [3.63, 3.8) is 0 Å². The third-order valence-electron chi connectivity index (χ3n) is 3.38. The molecular weight excluding hydrogens is 244 g/mol. The van der Waals surface area contributed by atoms with Crippen LogP contribution in [-0.2, 0) is 24.4 Å². The summed E-state index contributed by atoms with van der Waals surface area (Å²) in [5.41, 5.74) is 3.91. The molecule has 0 N–H and O–H groups in total. The van der Waals surface area contributed by atoms with Gasteiger partial charge >= 0.3 is 0 Å². The first-order valence-corrected chi connectivity index (χ1v) is 7.43. The Morgan fingerprint density at radius 1 is 0.800 bits per heavy atom. The number of rotatable bonds is 7. The Balaban J connectivity index is 1.82. The average molecular weight is 268 g/mol. The first-order valence-electron chi connectivity index (χ1n) is 7.43. The predicted octanol–water partition coefficient (Wildman–Crippen LogP) is 4.99. The highest BCUT2D eigenvalue weighted by molar-refractivity contribution is 5.23. The largest absolute Gasteiger partial charge is 0.372 e. The van der Waals surface area contributed by atoms with Crippen molar-refractivity contribution in [2.75, 3.05) is 0 Å². The highest BCUT2D eigenvalue weighted by Gasteiger charge is 2.00. The van der Waals surface area contributed by atoms with Gasteiger partial charge in [0.05, 0.1) is 13.2 Å². The summed E-state index contributed by atoms with van der Waals surface area (Å²) in [4.78, 5) is 0. The van der Waals surface area contributed by atoms with E-state index in [1.807, 2.05) is 18.2 Å². The Morgan fingerprint density at radius 2 is 1.45 bits per heavy atom. The number of hydrogen-bond donors (Lipinski definition) is 0. The van der Waals surface area contributed by atoms with Crippen LogP contribution in [0.2, 0.25) is 0 Å². The van der Waals surface area contributed by atoms with Gasteiger partial charge in [0.15, 0.2) is 0 Å². The maximum atomic E-state index is 5.79. The summed E-state index contributed by atoms with van der Waals surface area (Å²) in [5.74, 6) is 0.757. The minimum absolute atomic E-state index is 0.678. The molecule has 0 bridgehead atoms. The molecule has 0 saturated heterocycles. The molecule has 2 aromatic carbocycles. The van der Waals surface area contributed by atoms with Crippen LogP contribution in [0.15, 0.2) is 54.6 Å². The van der Waals surface area contributed by atoms with Crippen LogP contribution in [0.25, 0.3) is 0 Å². The molecule has 0 aliphatic rings. The molecule has 20 heavy (non-hydrogen) atoms. The molecule has 0 atom stereocenters. The van der Waals surface area contributed by atoms with E-state index in [0.717, 1.165) is 12.3 Å². The fourth-order valence-electron chi connectivity index (χ4n) is 2.19. The molecule has 0 fully saturated rings. The van der Waals surface area contributed by atoms with Gasteiger partial charge in [0, 0.05) is 0 Å². The van der Waals surface area contributed by atoms with E-state index < -0.39 is 0 Å². The lowest BCUT2D eigenvalue weighted by Gasteiger charge is -2.08. The van der Waals surface area contributed by atoms with Gasteiger partial charge in [-0.15, -0.1) is 0 Å². The molecule has 106 valence electrons. The average Bonchev–Trinajstić information content (AvgIpc) is 2.47. The SMILES string of the molecule is CC(C)CCc1cccc(COCc2ccccc2)c1. The molecule has 1 nitrogen and oxygen atoms in total. The quantitative estimate of drug-likeness (QED) is 0.687. The molecule has 1 heteroatoms. The molecule has 0 aliphatic carbocycles.